The molecule has 0 radical (unpaired) electrons. The molecule has 790 valence electrons. The van der Waals surface area contributed by atoms with E-state index in [0.29, 0.717) is 115 Å². The van der Waals surface area contributed by atoms with E-state index in [1.165, 1.54) is 61.2 Å². The standard InChI is InChI=1S/2C18H19N3O3.C17H17ClN4O3.C13H16N4O3.C11H13N3O3.2C7H11N3O3.C6H10N4O3/c22-13-18(21-17-9-5-4-8-16(17)19-20-21)10-15(24-18)12-23-11-14-6-2-1-3-7-14;22-13-18(21-19-16-8-4-5-9-17(16)20-21)10-15(24-18)12-23-11-14-6-2-1-3-7-14;18-15-14-16(20-10-19-15)22(11-21-14)17(9-23)6-13(25-17)8-24-7-12-4-2-1-3-5-12;18-9-13(17-10-14-15-16-17)6-12(20-13)8-19-7-11-4-2-1-3-5-11;15-6-8-5-11(7-16,17-8)14-10-4-2-1-3-9(10)12-13-14;11-4-6-3-7(5-12,13-6)10-2-1-8-9-10;11-4-6-3-7(5-12,13-6)10-8-1-2-9-10;11-2-5-1-6(3-12,13-5)10-4-7-8-9-10/h2*1-9,15,22H,10-13H2;1-5,10-11,13,23H,6-9H2;1-5,10,12,18H,6-9H2;1-4,8,15-16H,5-7H2;2*1-2,6,11-12H,3-5H2;4-5,11-12H,1-3H2/t2*15?,18-;13?,17-;;8?,11-;;;/m111.1.../s1. The molecule has 12 N–H and O–H groups in total. The Morgan fingerprint density at radius 1 is 0.309 bits per heavy atom. The Kier molecular flexibility index (Phi) is 35.8. The van der Waals surface area contributed by atoms with Crippen molar-refractivity contribution in [3.63, 3.8) is 0 Å². The van der Waals surface area contributed by atoms with Crippen LogP contribution < -0.4 is 0 Å². The van der Waals surface area contributed by atoms with Crippen molar-refractivity contribution in [2.75, 3.05) is 106 Å². The summed E-state index contributed by atoms with van der Waals surface area (Å²) in [4.78, 5) is 15.2. The molecular formula is C97H116ClN27O24. The minimum atomic E-state index is -0.882. The zero-order valence-corrected chi connectivity index (χ0v) is 81.5. The van der Waals surface area contributed by atoms with Crippen molar-refractivity contribution in [3.8, 4) is 0 Å². The molecule has 149 heavy (non-hydrogen) atoms. The second-order valence-electron chi connectivity index (χ2n) is 36.2. The first-order chi connectivity index (χ1) is 72.8. The number of halogens is 1. The normalized spacial score (nSPS) is 26.6. The Morgan fingerprint density at radius 3 is 0.987 bits per heavy atom. The van der Waals surface area contributed by atoms with Crippen LogP contribution in [0, 0.1) is 0 Å². The summed E-state index contributed by atoms with van der Waals surface area (Å²) in [6.45, 7) is 2.56. The van der Waals surface area contributed by atoms with Gasteiger partial charge in [-0.2, -0.15) is 29.8 Å². The Morgan fingerprint density at radius 2 is 0.631 bits per heavy atom. The van der Waals surface area contributed by atoms with E-state index in [0.717, 1.165) is 55.4 Å². The molecule has 0 saturated carbocycles. The van der Waals surface area contributed by atoms with Crippen molar-refractivity contribution in [2.24, 2.45) is 0 Å². The van der Waals surface area contributed by atoms with E-state index in [9.17, 15) is 25.5 Å². The van der Waals surface area contributed by atoms with Crippen LogP contribution in [0.1, 0.15) is 73.6 Å². The molecule has 52 heteroatoms. The van der Waals surface area contributed by atoms with Crippen LogP contribution in [-0.4, -0.2) is 351 Å². The number of rotatable bonds is 36. The van der Waals surface area contributed by atoms with Crippen LogP contribution in [0.4, 0.5) is 0 Å². The number of para-hydroxylation sites is 2. The second kappa shape index (κ2) is 49.7. The van der Waals surface area contributed by atoms with E-state index in [-0.39, 0.29) is 133 Å². The molecule has 0 spiro atoms. The highest BCUT2D eigenvalue weighted by atomic mass is 35.5. The van der Waals surface area contributed by atoms with E-state index in [2.05, 4.69) is 97.3 Å². The van der Waals surface area contributed by atoms with Crippen LogP contribution in [0.3, 0.4) is 0 Å². The molecule has 9 aromatic heterocycles. The van der Waals surface area contributed by atoms with Crippen molar-refractivity contribution < 1.29 is 118 Å². The fourth-order valence-electron chi connectivity index (χ4n) is 18.1. The predicted molar refractivity (Wildman–Crippen MR) is 518 cm³/mol. The highest BCUT2D eigenvalue weighted by molar-refractivity contribution is 6.33. The highest BCUT2D eigenvalue weighted by Gasteiger charge is 2.55. The molecule has 7 aromatic carbocycles. The number of tetrazole rings is 2. The third-order valence-corrected chi connectivity index (χ3v) is 26.2. The lowest BCUT2D eigenvalue weighted by Crippen LogP contribution is -2.57. The summed E-state index contributed by atoms with van der Waals surface area (Å²) < 4.78 is 77.0. The van der Waals surface area contributed by atoms with Gasteiger partial charge in [-0.25, -0.2) is 29.0 Å². The molecule has 16 aromatic rings. The van der Waals surface area contributed by atoms with Crippen LogP contribution in [-0.2, 0) is 129 Å². The summed E-state index contributed by atoms with van der Waals surface area (Å²) in [7, 11) is 0. The maximum atomic E-state index is 9.87. The van der Waals surface area contributed by atoms with Crippen molar-refractivity contribution in [3.05, 3.63) is 272 Å². The Hall–Kier alpha value is -13.0. The van der Waals surface area contributed by atoms with Gasteiger partial charge in [0.05, 0.1) is 217 Å². The number of fused-ring (bicyclic) bond motifs is 4. The summed E-state index contributed by atoms with van der Waals surface area (Å²) >= 11 is 6.03. The van der Waals surface area contributed by atoms with E-state index in [1.807, 2.05) is 194 Å². The third kappa shape index (κ3) is 24.4. The monoisotopic (exact) mass is 2080 g/mol. The van der Waals surface area contributed by atoms with E-state index >= 15 is 0 Å². The van der Waals surface area contributed by atoms with Crippen molar-refractivity contribution in [1.29, 1.82) is 0 Å². The maximum Gasteiger partial charge on any atom is 0.205 e. The van der Waals surface area contributed by atoms with Gasteiger partial charge in [-0.05, 0) is 79.5 Å². The van der Waals surface area contributed by atoms with Crippen LogP contribution >= 0.6 is 11.6 Å². The van der Waals surface area contributed by atoms with E-state index in [4.69, 9.17) is 104 Å². The molecular weight excluding hydrogens is 1960 g/mol. The van der Waals surface area contributed by atoms with Gasteiger partial charge in [0.25, 0.3) is 0 Å². The molecule has 0 amide bonds. The molecule has 12 unspecified atom stereocenters. The summed E-state index contributed by atoms with van der Waals surface area (Å²) in [6.07, 6.45) is 15.5. The smallest absolute Gasteiger partial charge is 0.205 e. The fourth-order valence-corrected chi connectivity index (χ4v) is 18.3. The lowest BCUT2D eigenvalue weighted by molar-refractivity contribution is -0.294. The number of benzene rings is 7. The molecule has 8 aliphatic heterocycles. The molecule has 17 heterocycles. The van der Waals surface area contributed by atoms with Crippen LogP contribution in [0.15, 0.2) is 244 Å². The Balaban J connectivity index is 0.000000117. The largest absolute Gasteiger partial charge is 0.394 e. The number of aliphatic hydroxyl groups excluding tert-OH is 12. The first-order valence-electron chi connectivity index (χ1n) is 48.0. The average Bonchev–Trinajstić information content (AvgIpc) is 1.64. The van der Waals surface area contributed by atoms with Gasteiger partial charge in [0, 0.05) is 57.6 Å². The maximum absolute atomic E-state index is 9.87. The Bertz CT molecular complexity index is 6500. The van der Waals surface area contributed by atoms with Crippen LogP contribution in [0.25, 0.3) is 44.3 Å². The number of nitrogens with zero attached hydrogens (tertiary/aromatic N) is 27. The number of hydrogen-bond acceptors (Lipinski definition) is 43. The minimum absolute atomic E-state index is 0.0313. The molecule has 24 rings (SSSR count). The van der Waals surface area contributed by atoms with Gasteiger partial charge in [0.15, 0.2) is 45.2 Å². The number of ether oxygens (including phenoxy) is 12. The zero-order chi connectivity index (χ0) is 104. The molecule has 16 atom stereocenters. The lowest BCUT2D eigenvalue weighted by atomic mass is 9.98. The predicted octanol–water partition coefficient (Wildman–Crippen LogP) is 1.98. The van der Waals surface area contributed by atoms with Crippen LogP contribution in [0.2, 0.25) is 5.15 Å². The summed E-state index contributed by atoms with van der Waals surface area (Å²) in [5, 5.41) is 173. The summed E-state index contributed by atoms with van der Waals surface area (Å²) in [5.41, 5.74) is 3.52. The number of aliphatic hydroxyl groups is 12. The Labute approximate surface area is 854 Å². The number of hydrogen-bond donors (Lipinski definition) is 12. The first kappa shape index (κ1) is 107. The summed E-state index contributed by atoms with van der Waals surface area (Å²) in [5.74, 6) is 0. The SMILES string of the molecule is OCC1(n2cnnn2)CC(COCc2ccccc2)O1.OCC1CC(CO)(n2ccnn2)O1.OCC1CC(CO)(n2cnnn2)O1.OCC1CC(CO)(n2nccn2)O1.OCC1C[C@@](CO)(n2nnc3ccccc32)O1.OC[C@@]1(n2cnc3c(Cl)ncnc32)CC(COCc2ccccc2)O1.OC[C@@]1(n2nc3ccccc3n2)CC(COCc2ccccc2)O1.OC[C@@]1(n2nnc3ccccc32)CC(COCc2ccccc2)O1. The van der Waals surface area contributed by atoms with Crippen molar-refractivity contribution in [1.82, 2.24) is 135 Å². The van der Waals surface area contributed by atoms with Crippen molar-refractivity contribution in [2.45, 2.75) is 172 Å². The second-order valence-corrected chi connectivity index (χ2v) is 36.6. The lowest BCUT2D eigenvalue weighted by Gasteiger charge is -2.47. The minimum Gasteiger partial charge on any atom is -0.394 e. The quantitative estimate of drug-likeness (QED) is 0.0250. The van der Waals surface area contributed by atoms with E-state index < -0.39 is 45.8 Å². The molecule has 0 bridgehead atoms. The van der Waals surface area contributed by atoms with Gasteiger partial charge < -0.3 is 118 Å². The number of aromatic nitrogens is 27. The van der Waals surface area contributed by atoms with Crippen LogP contribution in [0.5, 0.6) is 0 Å². The van der Waals surface area contributed by atoms with Crippen molar-refractivity contribution >= 4 is 55.9 Å². The molecule has 0 aliphatic carbocycles. The summed E-state index contributed by atoms with van der Waals surface area (Å²) in [6, 6.07) is 62.7. The molecule has 8 fully saturated rings. The fraction of sp³-hybridized carbons (Fsp3) is 0.454. The number of imidazole rings is 1. The van der Waals surface area contributed by atoms with Gasteiger partial charge in [-0.15, -0.1) is 35.1 Å². The van der Waals surface area contributed by atoms with Gasteiger partial charge in [-0.3, -0.25) is 4.57 Å². The molecule has 8 aliphatic rings. The van der Waals surface area contributed by atoms with Gasteiger partial charge >= 0.3 is 0 Å². The zero-order valence-electron chi connectivity index (χ0n) is 80.7. The average molecular weight is 2080 g/mol. The molecule has 8 saturated heterocycles. The topological polar surface area (TPSA) is 638 Å². The molecule has 51 nitrogen and oxygen atoms in total. The van der Waals surface area contributed by atoms with Gasteiger partial charge in [0.1, 0.15) is 46.6 Å². The van der Waals surface area contributed by atoms with Gasteiger partial charge in [0.2, 0.25) is 11.4 Å². The highest BCUT2D eigenvalue weighted by Crippen LogP contribution is 2.45. The van der Waals surface area contributed by atoms with E-state index in [1.54, 1.807) is 26.5 Å². The third-order valence-electron chi connectivity index (χ3n) is 25.9. The van der Waals surface area contributed by atoms with Gasteiger partial charge in [-0.1, -0.05) is 185 Å². The first-order valence-corrected chi connectivity index (χ1v) is 48.4.